The number of rotatable bonds is 6. The molecule has 3 nitrogen and oxygen atoms in total. The molecule has 2 N–H and O–H groups in total. The van der Waals surface area contributed by atoms with Crippen LogP contribution in [0.4, 0.5) is 5.69 Å². The molecule has 0 heterocycles. The van der Waals surface area contributed by atoms with Gasteiger partial charge in [-0.05, 0) is 46.9 Å². The van der Waals surface area contributed by atoms with Crippen molar-refractivity contribution in [2.75, 3.05) is 18.9 Å². The Morgan fingerprint density at radius 3 is 2.53 bits per heavy atom. The molecule has 0 radical (unpaired) electrons. The van der Waals surface area contributed by atoms with Crippen LogP contribution >= 0.6 is 22.6 Å². The lowest BCUT2D eigenvalue weighted by molar-refractivity contribution is 0.246. The second-order valence-electron chi connectivity index (χ2n) is 4.05. The Hall–Kier alpha value is -1.43. The first kappa shape index (κ1) is 14.0. The van der Waals surface area contributed by atoms with Gasteiger partial charge in [0.15, 0.2) is 0 Å². The number of hydrogen-bond donors (Lipinski definition) is 1. The summed E-state index contributed by atoms with van der Waals surface area (Å²) < 4.78 is 12.4. The number of anilines is 1. The first-order valence-corrected chi connectivity index (χ1v) is 7.19. The van der Waals surface area contributed by atoms with E-state index in [4.69, 9.17) is 15.2 Å². The van der Waals surface area contributed by atoms with Gasteiger partial charge < -0.3 is 15.2 Å². The molecule has 0 unspecified atom stereocenters. The quantitative estimate of drug-likeness (QED) is 0.480. The van der Waals surface area contributed by atoms with E-state index >= 15 is 0 Å². The Morgan fingerprint density at radius 2 is 1.74 bits per heavy atom. The van der Waals surface area contributed by atoms with Crippen LogP contribution < -0.4 is 15.2 Å². The zero-order valence-electron chi connectivity index (χ0n) is 10.5. The fourth-order valence-electron chi connectivity index (χ4n) is 1.60. The standard InChI is InChI=1S/C15H16INO2/c16-14-7-1-2-8-15(14)19-10-4-9-18-13-6-3-5-12(17)11-13/h1-3,5-8,11H,4,9-10,17H2. The molecule has 100 valence electrons. The van der Waals surface area contributed by atoms with Crippen LogP contribution in [0, 0.1) is 3.57 Å². The van der Waals surface area contributed by atoms with Gasteiger partial charge >= 0.3 is 0 Å². The second kappa shape index (κ2) is 7.23. The van der Waals surface area contributed by atoms with Crippen LogP contribution in [0.2, 0.25) is 0 Å². The number of halogens is 1. The maximum atomic E-state index is 5.69. The normalized spacial score (nSPS) is 10.2. The minimum absolute atomic E-state index is 0.618. The summed E-state index contributed by atoms with van der Waals surface area (Å²) in [4.78, 5) is 0. The van der Waals surface area contributed by atoms with Crippen LogP contribution in [-0.4, -0.2) is 13.2 Å². The van der Waals surface area contributed by atoms with E-state index in [1.165, 1.54) is 0 Å². The smallest absolute Gasteiger partial charge is 0.132 e. The molecule has 0 spiro atoms. The Morgan fingerprint density at radius 1 is 0.947 bits per heavy atom. The fourth-order valence-corrected chi connectivity index (χ4v) is 2.14. The van der Waals surface area contributed by atoms with E-state index in [9.17, 15) is 0 Å². The van der Waals surface area contributed by atoms with Crippen molar-refractivity contribution in [3.05, 3.63) is 52.1 Å². The van der Waals surface area contributed by atoms with Gasteiger partial charge in [0.1, 0.15) is 11.5 Å². The van der Waals surface area contributed by atoms with Crippen molar-refractivity contribution in [2.45, 2.75) is 6.42 Å². The van der Waals surface area contributed by atoms with Crippen molar-refractivity contribution in [3.63, 3.8) is 0 Å². The van der Waals surface area contributed by atoms with E-state index in [1.807, 2.05) is 48.5 Å². The Kier molecular flexibility index (Phi) is 5.32. The van der Waals surface area contributed by atoms with Crippen molar-refractivity contribution in [1.29, 1.82) is 0 Å². The number of nitrogens with two attached hydrogens (primary N) is 1. The molecule has 0 bridgehead atoms. The Balaban J connectivity index is 1.69. The summed E-state index contributed by atoms with van der Waals surface area (Å²) in [6.07, 6.45) is 0.833. The van der Waals surface area contributed by atoms with Gasteiger partial charge in [0.2, 0.25) is 0 Å². The summed E-state index contributed by atoms with van der Waals surface area (Å²) in [6.45, 7) is 1.26. The maximum Gasteiger partial charge on any atom is 0.132 e. The molecule has 0 amide bonds. The molecule has 0 aliphatic carbocycles. The molecule has 2 aromatic carbocycles. The largest absolute Gasteiger partial charge is 0.493 e. The average Bonchev–Trinajstić information content (AvgIpc) is 2.40. The predicted molar refractivity (Wildman–Crippen MR) is 85.6 cm³/mol. The summed E-state index contributed by atoms with van der Waals surface area (Å²) in [5, 5.41) is 0. The van der Waals surface area contributed by atoms with Crippen LogP contribution in [0.15, 0.2) is 48.5 Å². The monoisotopic (exact) mass is 369 g/mol. The van der Waals surface area contributed by atoms with Crippen molar-refractivity contribution in [3.8, 4) is 11.5 Å². The predicted octanol–water partition coefficient (Wildman–Crippen LogP) is 3.72. The SMILES string of the molecule is Nc1cccc(OCCCOc2ccccc2I)c1. The lowest BCUT2D eigenvalue weighted by atomic mass is 10.3. The Bertz CT molecular complexity index is 531. The van der Waals surface area contributed by atoms with Gasteiger partial charge in [0.25, 0.3) is 0 Å². The molecular weight excluding hydrogens is 353 g/mol. The molecule has 2 rings (SSSR count). The molecule has 0 fully saturated rings. The lowest BCUT2D eigenvalue weighted by Gasteiger charge is -2.09. The summed E-state index contributed by atoms with van der Waals surface area (Å²) in [6, 6.07) is 15.4. The third-order valence-electron chi connectivity index (χ3n) is 2.51. The summed E-state index contributed by atoms with van der Waals surface area (Å²) in [7, 11) is 0. The van der Waals surface area contributed by atoms with E-state index in [-0.39, 0.29) is 0 Å². The van der Waals surface area contributed by atoms with Crippen molar-refractivity contribution in [1.82, 2.24) is 0 Å². The van der Waals surface area contributed by atoms with E-state index in [1.54, 1.807) is 0 Å². The molecule has 2 aromatic rings. The number of ether oxygens (including phenoxy) is 2. The fraction of sp³-hybridized carbons (Fsp3) is 0.200. The van der Waals surface area contributed by atoms with Crippen molar-refractivity contribution in [2.24, 2.45) is 0 Å². The topological polar surface area (TPSA) is 44.5 Å². The van der Waals surface area contributed by atoms with Gasteiger partial charge in [-0.25, -0.2) is 0 Å². The van der Waals surface area contributed by atoms with Gasteiger partial charge in [0, 0.05) is 18.2 Å². The zero-order chi connectivity index (χ0) is 13.5. The molecule has 0 aromatic heterocycles. The minimum atomic E-state index is 0.618. The summed E-state index contributed by atoms with van der Waals surface area (Å²) >= 11 is 2.26. The number of benzene rings is 2. The molecule has 0 saturated carbocycles. The van der Waals surface area contributed by atoms with Gasteiger partial charge in [-0.3, -0.25) is 0 Å². The zero-order valence-corrected chi connectivity index (χ0v) is 12.7. The lowest BCUT2D eigenvalue weighted by Crippen LogP contribution is -2.05. The van der Waals surface area contributed by atoms with Crippen LogP contribution in [0.1, 0.15) is 6.42 Å². The summed E-state index contributed by atoms with van der Waals surface area (Å²) in [5.41, 5.74) is 6.39. The van der Waals surface area contributed by atoms with Crippen LogP contribution in [-0.2, 0) is 0 Å². The highest BCUT2D eigenvalue weighted by atomic mass is 127. The third kappa shape index (κ3) is 4.63. The third-order valence-corrected chi connectivity index (χ3v) is 3.40. The van der Waals surface area contributed by atoms with Gasteiger partial charge in [-0.15, -0.1) is 0 Å². The molecule has 4 heteroatoms. The van der Waals surface area contributed by atoms with Crippen LogP contribution in [0.25, 0.3) is 0 Å². The molecule has 19 heavy (non-hydrogen) atoms. The van der Waals surface area contributed by atoms with E-state index in [2.05, 4.69) is 22.6 Å². The van der Waals surface area contributed by atoms with Crippen LogP contribution in [0.3, 0.4) is 0 Å². The van der Waals surface area contributed by atoms with Gasteiger partial charge in [0.05, 0.1) is 16.8 Å². The molecule has 0 aliphatic rings. The maximum absolute atomic E-state index is 5.69. The highest BCUT2D eigenvalue weighted by Crippen LogP contribution is 2.19. The van der Waals surface area contributed by atoms with E-state index in [0.717, 1.165) is 21.5 Å². The second-order valence-corrected chi connectivity index (χ2v) is 5.22. The molecular formula is C15H16INO2. The highest BCUT2D eigenvalue weighted by molar-refractivity contribution is 14.1. The summed E-state index contributed by atoms with van der Waals surface area (Å²) in [5.74, 6) is 1.72. The van der Waals surface area contributed by atoms with Gasteiger partial charge in [-0.2, -0.15) is 0 Å². The Labute approximate surface area is 126 Å². The molecule has 0 atom stereocenters. The van der Waals surface area contributed by atoms with Crippen LogP contribution in [0.5, 0.6) is 11.5 Å². The molecule has 0 aliphatic heterocycles. The first-order chi connectivity index (χ1) is 9.25. The first-order valence-electron chi connectivity index (χ1n) is 6.11. The number of para-hydroxylation sites is 1. The highest BCUT2D eigenvalue weighted by Gasteiger charge is 1.99. The molecule has 0 saturated heterocycles. The van der Waals surface area contributed by atoms with Gasteiger partial charge in [-0.1, -0.05) is 18.2 Å². The van der Waals surface area contributed by atoms with Crippen molar-refractivity contribution < 1.29 is 9.47 Å². The number of hydrogen-bond acceptors (Lipinski definition) is 3. The average molecular weight is 369 g/mol. The minimum Gasteiger partial charge on any atom is -0.493 e. The van der Waals surface area contributed by atoms with Crippen molar-refractivity contribution >= 4 is 28.3 Å². The van der Waals surface area contributed by atoms with E-state index in [0.29, 0.717) is 18.9 Å². The van der Waals surface area contributed by atoms with E-state index < -0.39 is 0 Å². The number of nitrogen functional groups attached to an aromatic ring is 1.